The maximum absolute atomic E-state index is 6.30. The summed E-state index contributed by atoms with van der Waals surface area (Å²) in [4.78, 5) is 2.44. The predicted molar refractivity (Wildman–Crippen MR) is 221 cm³/mol. The SMILES string of the molecule is c1ccc(-c2ccccc2N(c2ccc3oc4ccccc4c3c2)c2cccc3c2c2ccccc2n3-c2ccc3sc4ccccc4c3c2)cc1. The quantitative estimate of drug-likeness (QED) is 0.180. The van der Waals surface area contributed by atoms with E-state index in [9.17, 15) is 0 Å². The minimum atomic E-state index is 0.882. The summed E-state index contributed by atoms with van der Waals surface area (Å²) in [6, 6.07) is 65.6. The molecule has 3 nitrogen and oxygen atoms in total. The fourth-order valence-electron chi connectivity index (χ4n) is 8.11. The molecule has 0 unspecified atom stereocenters. The van der Waals surface area contributed by atoms with Gasteiger partial charge in [-0.3, -0.25) is 0 Å². The van der Waals surface area contributed by atoms with Crippen molar-refractivity contribution in [3.05, 3.63) is 182 Å². The third-order valence-corrected chi connectivity index (χ3v) is 11.5. The zero-order chi connectivity index (χ0) is 34.2. The smallest absolute Gasteiger partial charge is 0.135 e. The van der Waals surface area contributed by atoms with Gasteiger partial charge in [0.25, 0.3) is 0 Å². The van der Waals surface area contributed by atoms with Gasteiger partial charge in [0, 0.05) is 58.7 Å². The van der Waals surface area contributed by atoms with Gasteiger partial charge in [-0.1, -0.05) is 109 Å². The molecule has 0 N–H and O–H groups in total. The lowest BCUT2D eigenvalue weighted by molar-refractivity contribution is 0.669. The Bertz CT molecular complexity index is 3150. The Labute approximate surface area is 303 Å². The summed E-state index contributed by atoms with van der Waals surface area (Å²) < 4.78 is 11.4. The maximum Gasteiger partial charge on any atom is 0.135 e. The van der Waals surface area contributed by atoms with Crippen LogP contribution in [0.25, 0.3) is 80.7 Å². The zero-order valence-electron chi connectivity index (χ0n) is 28.0. The maximum atomic E-state index is 6.30. The van der Waals surface area contributed by atoms with E-state index in [2.05, 4.69) is 179 Å². The van der Waals surface area contributed by atoms with Gasteiger partial charge in [0.1, 0.15) is 11.2 Å². The van der Waals surface area contributed by atoms with E-state index in [0.29, 0.717) is 0 Å². The van der Waals surface area contributed by atoms with Gasteiger partial charge < -0.3 is 13.9 Å². The predicted octanol–water partition coefficient (Wildman–Crippen LogP) is 14.2. The number of fused-ring (bicyclic) bond motifs is 9. The topological polar surface area (TPSA) is 21.3 Å². The van der Waals surface area contributed by atoms with Gasteiger partial charge in [-0.05, 0) is 78.4 Å². The van der Waals surface area contributed by atoms with Gasteiger partial charge in [-0.25, -0.2) is 0 Å². The average molecular weight is 683 g/mol. The summed E-state index contributed by atoms with van der Waals surface area (Å²) in [5.74, 6) is 0. The first kappa shape index (κ1) is 29.1. The van der Waals surface area contributed by atoms with Crippen molar-refractivity contribution in [2.75, 3.05) is 4.90 Å². The Kier molecular flexibility index (Phi) is 6.42. The molecule has 0 aliphatic carbocycles. The second-order valence-electron chi connectivity index (χ2n) is 13.3. The number of rotatable bonds is 5. The number of benzene rings is 8. The number of furan rings is 1. The molecule has 11 aromatic rings. The molecule has 0 atom stereocenters. The molecule has 52 heavy (non-hydrogen) atoms. The summed E-state index contributed by atoms with van der Waals surface area (Å²) in [5.41, 5.74) is 10.9. The highest BCUT2D eigenvalue weighted by atomic mass is 32.1. The van der Waals surface area contributed by atoms with E-state index in [-0.39, 0.29) is 0 Å². The number of hydrogen-bond donors (Lipinski definition) is 0. The number of aromatic nitrogens is 1. The van der Waals surface area contributed by atoms with Crippen LogP contribution >= 0.6 is 11.3 Å². The van der Waals surface area contributed by atoms with Crippen LogP contribution in [0.5, 0.6) is 0 Å². The van der Waals surface area contributed by atoms with E-state index in [1.54, 1.807) is 0 Å². The Morgan fingerprint density at radius 2 is 1.13 bits per heavy atom. The van der Waals surface area contributed by atoms with E-state index >= 15 is 0 Å². The Hall–Kier alpha value is -6.62. The van der Waals surface area contributed by atoms with Crippen LogP contribution in [0.3, 0.4) is 0 Å². The molecule has 0 radical (unpaired) electrons. The summed E-state index contributed by atoms with van der Waals surface area (Å²) >= 11 is 1.86. The second-order valence-corrected chi connectivity index (χ2v) is 14.4. The average Bonchev–Trinajstić information content (AvgIpc) is 3.88. The number of thiophene rings is 1. The number of nitrogens with zero attached hydrogens (tertiary/aromatic N) is 2. The van der Waals surface area contributed by atoms with Crippen molar-refractivity contribution >= 4 is 92.3 Å². The monoisotopic (exact) mass is 682 g/mol. The summed E-state index contributed by atoms with van der Waals surface area (Å²) in [6.45, 7) is 0. The molecule has 3 heterocycles. The van der Waals surface area contributed by atoms with Crippen LogP contribution in [0.4, 0.5) is 17.1 Å². The van der Waals surface area contributed by atoms with E-state index in [4.69, 9.17) is 4.42 Å². The molecule has 4 heteroatoms. The van der Waals surface area contributed by atoms with Gasteiger partial charge >= 0.3 is 0 Å². The minimum Gasteiger partial charge on any atom is -0.456 e. The molecule has 3 aromatic heterocycles. The molecule has 0 saturated carbocycles. The molecule has 0 spiro atoms. The highest BCUT2D eigenvalue weighted by molar-refractivity contribution is 7.25. The first-order valence-corrected chi connectivity index (χ1v) is 18.4. The molecule has 11 rings (SSSR count). The van der Waals surface area contributed by atoms with E-state index in [1.807, 2.05) is 23.5 Å². The van der Waals surface area contributed by atoms with Crippen LogP contribution in [0.1, 0.15) is 0 Å². The lowest BCUT2D eigenvalue weighted by atomic mass is 10.0. The van der Waals surface area contributed by atoms with Gasteiger partial charge in [0.05, 0.1) is 22.4 Å². The second kappa shape index (κ2) is 11.5. The number of hydrogen-bond acceptors (Lipinski definition) is 3. The lowest BCUT2D eigenvalue weighted by Crippen LogP contribution is -2.11. The fraction of sp³-hybridized carbons (Fsp3) is 0. The van der Waals surface area contributed by atoms with Crippen molar-refractivity contribution in [1.82, 2.24) is 4.57 Å². The first-order chi connectivity index (χ1) is 25.8. The Balaban J connectivity index is 1.22. The van der Waals surface area contributed by atoms with Crippen LogP contribution in [0.15, 0.2) is 186 Å². The van der Waals surface area contributed by atoms with Crippen molar-refractivity contribution in [2.24, 2.45) is 0 Å². The van der Waals surface area contributed by atoms with E-state index < -0.39 is 0 Å². The minimum absolute atomic E-state index is 0.882. The first-order valence-electron chi connectivity index (χ1n) is 17.6. The third-order valence-electron chi connectivity index (χ3n) is 10.4. The van der Waals surface area contributed by atoms with Crippen LogP contribution in [-0.4, -0.2) is 4.57 Å². The van der Waals surface area contributed by atoms with E-state index in [0.717, 1.165) is 55.8 Å². The van der Waals surface area contributed by atoms with Crippen molar-refractivity contribution in [3.63, 3.8) is 0 Å². The van der Waals surface area contributed by atoms with Crippen LogP contribution in [0.2, 0.25) is 0 Å². The molecule has 0 amide bonds. The molecule has 8 aromatic carbocycles. The molecule has 244 valence electrons. The molecule has 0 aliphatic heterocycles. The van der Waals surface area contributed by atoms with Crippen LogP contribution in [-0.2, 0) is 0 Å². The Morgan fingerprint density at radius 1 is 0.442 bits per heavy atom. The molecule has 0 saturated heterocycles. The highest BCUT2D eigenvalue weighted by Crippen LogP contribution is 2.48. The Morgan fingerprint density at radius 3 is 2.06 bits per heavy atom. The van der Waals surface area contributed by atoms with Crippen LogP contribution in [0, 0.1) is 0 Å². The normalized spacial score (nSPS) is 11.8. The van der Waals surface area contributed by atoms with Crippen LogP contribution < -0.4 is 4.90 Å². The molecule has 0 fully saturated rings. The summed E-state index contributed by atoms with van der Waals surface area (Å²) in [6.07, 6.45) is 0. The molecule has 0 aliphatic rings. The van der Waals surface area contributed by atoms with Crippen molar-refractivity contribution in [2.45, 2.75) is 0 Å². The number of para-hydroxylation sites is 3. The fourth-order valence-corrected chi connectivity index (χ4v) is 9.20. The number of anilines is 3. The van der Waals surface area contributed by atoms with Gasteiger partial charge in [0.2, 0.25) is 0 Å². The molecular weight excluding hydrogens is 653 g/mol. The lowest BCUT2D eigenvalue weighted by Gasteiger charge is -2.29. The van der Waals surface area contributed by atoms with Crippen molar-refractivity contribution in [3.8, 4) is 16.8 Å². The molecular formula is C48H30N2OS. The van der Waals surface area contributed by atoms with Crippen molar-refractivity contribution < 1.29 is 4.42 Å². The standard InChI is InChI=1S/C48H30N2OS/c1-2-13-31(14-3-1)34-15-4-8-19-40(34)49(32-25-27-45-38(29-32)35-16-6-10-23-44(35)51-45)42-21-12-22-43-48(42)37-18-5-9-20-41(37)50(43)33-26-28-47-39(30-33)36-17-7-11-24-46(36)52-47/h1-30H. The van der Waals surface area contributed by atoms with Gasteiger partial charge in [-0.2, -0.15) is 0 Å². The van der Waals surface area contributed by atoms with E-state index in [1.165, 1.54) is 42.0 Å². The summed E-state index contributed by atoms with van der Waals surface area (Å²) in [5, 5.41) is 7.22. The molecule has 0 bridgehead atoms. The summed E-state index contributed by atoms with van der Waals surface area (Å²) in [7, 11) is 0. The largest absolute Gasteiger partial charge is 0.456 e. The highest BCUT2D eigenvalue weighted by Gasteiger charge is 2.24. The van der Waals surface area contributed by atoms with Crippen molar-refractivity contribution in [1.29, 1.82) is 0 Å². The van der Waals surface area contributed by atoms with Gasteiger partial charge in [0.15, 0.2) is 0 Å². The van der Waals surface area contributed by atoms with Gasteiger partial charge in [-0.15, -0.1) is 11.3 Å². The third kappa shape index (κ3) is 4.38. The zero-order valence-corrected chi connectivity index (χ0v) is 28.8.